The van der Waals surface area contributed by atoms with Gasteiger partial charge in [0.1, 0.15) is 0 Å². The Morgan fingerprint density at radius 3 is 2.58 bits per heavy atom. The van der Waals surface area contributed by atoms with Crippen LogP contribution in [0, 0.1) is 35.5 Å². The summed E-state index contributed by atoms with van der Waals surface area (Å²) in [6, 6.07) is 9.38. The average molecular weight is 498 g/mol. The molecule has 1 aromatic carbocycles. The Labute approximate surface area is 207 Å². The summed E-state index contributed by atoms with van der Waals surface area (Å²) in [5, 5.41) is 0. The maximum absolute atomic E-state index is 3.87. The molecule has 0 nitrogen and oxygen atoms in total. The monoisotopic (exact) mass is 496 g/mol. The average Bonchev–Trinajstić information content (AvgIpc) is 3.30. The minimum absolute atomic E-state index is 0.0538. The molecule has 0 aromatic heterocycles. The molecule has 33 heavy (non-hydrogen) atoms. The van der Waals surface area contributed by atoms with E-state index in [4.69, 9.17) is 0 Å². The number of hydrogen-bond acceptors (Lipinski definition) is 0. The van der Waals surface area contributed by atoms with E-state index in [-0.39, 0.29) is 5.41 Å². The van der Waals surface area contributed by atoms with Gasteiger partial charge in [0.2, 0.25) is 0 Å². The lowest BCUT2D eigenvalue weighted by molar-refractivity contribution is 0.310. The SMILES string of the molecule is CC1CCCC(C2=CC3C(C=C2)C2C=CC(Br)=CC2C32C3=CCCC=C3c3ccccc32)C1. The molecule has 0 amide bonds. The minimum atomic E-state index is 0.0538. The van der Waals surface area contributed by atoms with Crippen molar-refractivity contribution in [2.45, 2.75) is 50.9 Å². The lowest BCUT2D eigenvalue weighted by Gasteiger charge is -2.41. The summed E-state index contributed by atoms with van der Waals surface area (Å²) >= 11 is 3.87. The largest absolute Gasteiger partial charge is 0.0799 e. The van der Waals surface area contributed by atoms with Gasteiger partial charge >= 0.3 is 0 Å². The number of rotatable bonds is 1. The predicted molar refractivity (Wildman–Crippen MR) is 142 cm³/mol. The van der Waals surface area contributed by atoms with Crippen LogP contribution in [-0.4, -0.2) is 0 Å². The molecule has 1 heteroatoms. The fourth-order valence-corrected chi connectivity index (χ4v) is 8.92. The van der Waals surface area contributed by atoms with Gasteiger partial charge in [0.15, 0.2) is 0 Å². The van der Waals surface area contributed by atoms with Crippen LogP contribution in [0.5, 0.6) is 0 Å². The number of benzene rings is 1. The first-order chi connectivity index (χ1) is 16.2. The molecular formula is C32H33Br. The van der Waals surface area contributed by atoms with Crippen LogP contribution in [0.3, 0.4) is 0 Å². The third-order valence-electron chi connectivity index (χ3n) is 9.69. The Bertz CT molecular complexity index is 1190. The van der Waals surface area contributed by atoms with Crippen LogP contribution in [0.15, 0.2) is 88.5 Å². The van der Waals surface area contributed by atoms with Gasteiger partial charge in [-0.1, -0.05) is 109 Å². The molecule has 0 heterocycles. The van der Waals surface area contributed by atoms with Gasteiger partial charge in [-0.2, -0.15) is 0 Å². The molecule has 1 aromatic rings. The Balaban J connectivity index is 1.45. The first-order valence-corrected chi connectivity index (χ1v) is 13.9. The van der Waals surface area contributed by atoms with Gasteiger partial charge in [0.25, 0.3) is 0 Å². The van der Waals surface area contributed by atoms with E-state index in [1.54, 1.807) is 16.7 Å². The van der Waals surface area contributed by atoms with Gasteiger partial charge in [0.05, 0.1) is 0 Å². The van der Waals surface area contributed by atoms with Crippen molar-refractivity contribution in [1.29, 1.82) is 0 Å². The topological polar surface area (TPSA) is 0 Å². The molecule has 0 aliphatic heterocycles. The molecule has 7 unspecified atom stereocenters. The summed E-state index contributed by atoms with van der Waals surface area (Å²) in [7, 11) is 0. The molecule has 2 fully saturated rings. The highest BCUT2D eigenvalue weighted by Crippen LogP contribution is 2.69. The van der Waals surface area contributed by atoms with Gasteiger partial charge in [-0.3, -0.25) is 0 Å². The van der Waals surface area contributed by atoms with Crippen LogP contribution in [0.4, 0.5) is 0 Å². The molecule has 7 rings (SSSR count). The summed E-state index contributed by atoms with van der Waals surface area (Å²) in [5.41, 5.74) is 7.94. The Morgan fingerprint density at radius 1 is 0.909 bits per heavy atom. The maximum atomic E-state index is 3.87. The third-order valence-corrected chi connectivity index (χ3v) is 10.2. The second kappa shape index (κ2) is 7.57. The zero-order valence-electron chi connectivity index (χ0n) is 19.5. The van der Waals surface area contributed by atoms with Crippen molar-refractivity contribution in [3.63, 3.8) is 0 Å². The van der Waals surface area contributed by atoms with Crippen LogP contribution >= 0.6 is 15.9 Å². The van der Waals surface area contributed by atoms with E-state index in [0.717, 1.165) is 11.8 Å². The molecule has 168 valence electrons. The van der Waals surface area contributed by atoms with Crippen molar-refractivity contribution in [2.75, 3.05) is 0 Å². The maximum Gasteiger partial charge on any atom is 0.0349 e. The van der Waals surface area contributed by atoms with Gasteiger partial charge in [0, 0.05) is 9.90 Å². The van der Waals surface area contributed by atoms with Gasteiger partial charge in [-0.15, -0.1) is 0 Å². The van der Waals surface area contributed by atoms with Crippen molar-refractivity contribution in [3.8, 4) is 0 Å². The summed E-state index contributed by atoms with van der Waals surface area (Å²) < 4.78 is 1.25. The minimum Gasteiger partial charge on any atom is -0.0799 e. The summed E-state index contributed by atoms with van der Waals surface area (Å²) in [6.07, 6.45) is 28.3. The molecule has 0 radical (unpaired) electrons. The Hall–Kier alpha value is -1.86. The standard InChI is InChI=1S/C32H33Br/c1-20-7-6-8-21(17-20)22-13-15-26-27-16-14-23(33)19-31(27)32(30(26)18-22)28-11-4-2-9-24(28)25-10-3-5-12-29(25)32/h2,4,9-16,18-21,26-27,30-31H,3,5-8,17H2,1H3. The Morgan fingerprint density at radius 2 is 1.70 bits per heavy atom. The van der Waals surface area contributed by atoms with E-state index in [2.05, 4.69) is 95.7 Å². The predicted octanol–water partition coefficient (Wildman–Crippen LogP) is 8.69. The zero-order chi connectivity index (χ0) is 22.2. The van der Waals surface area contributed by atoms with Gasteiger partial charge in [-0.05, 0) is 89.0 Å². The van der Waals surface area contributed by atoms with Crippen LogP contribution in [0.25, 0.3) is 5.57 Å². The normalized spacial score (nSPS) is 40.3. The van der Waals surface area contributed by atoms with E-state index in [0.29, 0.717) is 23.7 Å². The highest BCUT2D eigenvalue weighted by Gasteiger charge is 2.64. The van der Waals surface area contributed by atoms with Gasteiger partial charge in [-0.25, -0.2) is 0 Å². The highest BCUT2D eigenvalue weighted by molar-refractivity contribution is 9.11. The molecular weight excluding hydrogens is 464 g/mol. The fraction of sp³-hybridized carbons (Fsp3) is 0.438. The number of halogens is 1. The van der Waals surface area contributed by atoms with E-state index in [1.165, 1.54) is 54.1 Å². The summed E-state index contributed by atoms with van der Waals surface area (Å²) in [5.74, 6) is 3.76. The third kappa shape index (κ3) is 2.81. The van der Waals surface area contributed by atoms with Crippen molar-refractivity contribution in [1.82, 2.24) is 0 Å². The number of allylic oxidation sites excluding steroid dienone is 12. The van der Waals surface area contributed by atoms with E-state index < -0.39 is 0 Å². The number of fused-ring (bicyclic) bond motifs is 10. The van der Waals surface area contributed by atoms with Crippen molar-refractivity contribution in [2.24, 2.45) is 35.5 Å². The zero-order valence-corrected chi connectivity index (χ0v) is 21.1. The van der Waals surface area contributed by atoms with Crippen LogP contribution < -0.4 is 0 Å². The first-order valence-electron chi connectivity index (χ1n) is 13.1. The number of hydrogen-bond donors (Lipinski definition) is 0. The van der Waals surface area contributed by atoms with E-state index in [1.807, 2.05) is 0 Å². The lowest BCUT2D eigenvalue weighted by atomic mass is 9.61. The quantitative estimate of drug-likeness (QED) is 0.364. The van der Waals surface area contributed by atoms with E-state index in [9.17, 15) is 0 Å². The van der Waals surface area contributed by atoms with Crippen molar-refractivity contribution < 1.29 is 0 Å². The smallest absolute Gasteiger partial charge is 0.0349 e. The molecule has 6 aliphatic carbocycles. The summed E-state index contributed by atoms with van der Waals surface area (Å²) in [6.45, 7) is 2.46. The van der Waals surface area contributed by atoms with E-state index >= 15 is 0 Å². The van der Waals surface area contributed by atoms with Crippen LogP contribution in [0.1, 0.15) is 56.6 Å². The van der Waals surface area contributed by atoms with Crippen LogP contribution in [0.2, 0.25) is 0 Å². The second-order valence-electron chi connectivity index (χ2n) is 11.3. The highest BCUT2D eigenvalue weighted by atomic mass is 79.9. The first kappa shape index (κ1) is 20.5. The second-order valence-corrected chi connectivity index (χ2v) is 12.3. The molecule has 1 spiro atoms. The molecule has 0 saturated heterocycles. The molecule has 0 bridgehead atoms. The molecule has 6 aliphatic rings. The summed E-state index contributed by atoms with van der Waals surface area (Å²) in [4.78, 5) is 0. The van der Waals surface area contributed by atoms with Crippen molar-refractivity contribution in [3.05, 3.63) is 99.6 Å². The Kier molecular flexibility index (Phi) is 4.71. The molecule has 0 N–H and O–H groups in total. The molecule has 2 saturated carbocycles. The van der Waals surface area contributed by atoms with Crippen molar-refractivity contribution >= 4 is 21.5 Å². The lowest BCUT2D eigenvalue weighted by Crippen LogP contribution is -2.38. The molecule has 7 atom stereocenters. The fourth-order valence-electron chi connectivity index (χ4n) is 8.48. The van der Waals surface area contributed by atoms with Gasteiger partial charge < -0.3 is 0 Å². The van der Waals surface area contributed by atoms with Crippen LogP contribution in [-0.2, 0) is 5.41 Å².